The number of rotatable bonds is 9. The molecular formula is C15H23F3N4O. The van der Waals surface area contributed by atoms with Gasteiger partial charge in [0.25, 0.3) is 0 Å². The first kappa shape index (κ1) is 19.1. The van der Waals surface area contributed by atoms with Crippen LogP contribution in [0.3, 0.4) is 0 Å². The van der Waals surface area contributed by atoms with Gasteiger partial charge in [0.05, 0.1) is 6.54 Å². The average Bonchev–Trinajstić information content (AvgIpc) is 2.50. The van der Waals surface area contributed by atoms with Crippen LogP contribution in [0, 0.1) is 0 Å². The van der Waals surface area contributed by atoms with E-state index < -0.39 is 12.8 Å². The highest BCUT2D eigenvalue weighted by molar-refractivity contribution is 5.77. The van der Waals surface area contributed by atoms with Crippen molar-refractivity contribution in [3.8, 4) is 5.88 Å². The number of nitrogens with one attached hydrogen (secondary N) is 1. The van der Waals surface area contributed by atoms with Crippen molar-refractivity contribution in [2.45, 2.75) is 45.3 Å². The Hall–Kier alpha value is -1.99. The molecule has 8 heteroatoms. The van der Waals surface area contributed by atoms with E-state index in [9.17, 15) is 13.2 Å². The molecule has 1 heterocycles. The van der Waals surface area contributed by atoms with Gasteiger partial charge in [0.1, 0.15) is 0 Å². The number of halogens is 3. The molecule has 0 unspecified atom stereocenters. The maximum atomic E-state index is 12.2. The average molecular weight is 332 g/mol. The molecule has 0 bridgehead atoms. The molecule has 1 aromatic heterocycles. The number of alkyl halides is 3. The third-order valence-electron chi connectivity index (χ3n) is 2.98. The molecule has 0 aliphatic heterocycles. The molecule has 0 fully saturated rings. The zero-order valence-corrected chi connectivity index (χ0v) is 13.2. The molecule has 0 aliphatic rings. The molecule has 23 heavy (non-hydrogen) atoms. The van der Waals surface area contributed by atoms with Crippen LogP contribution in [0.5, 0.6) is 5.88 Å². The van der Waals surface area contributed by atoms with Gasteiger partial charge in [-0.1, -0.05) is 32.3 Å². The second kappa shape index (κ2) is 9.91. The van der Waals surface area contributed by atoms with E-state index in [0.717, 1.165) is 25.8 Å². The van der Waals surface area contributed by atoms with Gasteiger partial charge in [-0.2, -0.15) is 13.2 Å². The fourth-order valence-corrected chi connectivity index (χ4v) is 1.82. The van der Waals surface area contributed by atoms with Gasteiger partial charge < -0.3 is 15.8 Å². The Morgan fingerprint density at radius 2 is 2.13 bits per heavy atom. The SMILES string of the molecule is CCCCCCNC(N)=NCc1cccnc1OCC(F)(F)F. The van der Waals surface area contributed by atoms with Crippen molar-refractivity contribution >= 4 is 5.96 Å². The Kier molecular flexibility index (Phi) is 8.21. The van der Waals surface area contributed by atoms with Crippen molar-refractivity contribution in [1.82, 2.24) is 10.3 Å². The van der Waals surface area contributed by atoms with Crippen LogP contribution in [0.25, 0.3) is 0 Å². The van der Waals surface area contributed by atoms with Crippen LogP contribution in [-0.2, 0) is 6.54 Å². The highest BCUT2D eigenvalue weighted by Gasteiger charge is 2.29. The van der Waals surface area contributed by atoms with Gasteiger partial charge in [-0.25, -0.2) is 9.98 Å². The molecule has 0 radical (unpaired) electrons. The first-order valence-corrected chi connectivity index (χ1v) is 7.59. The number of nitrogens with two attached hydrogens (primary N) is 1. The molecule has 5 nitrogen and oxygen atoms in total. The Morgan fingerprint density at radius 1 is 1.35 bits per heavy atom. The number of pyridine rings is 1. The minimum absolute atomic E-state index is 0.0793. The maximum Gasteiger partial charge on any atom is 0.422 e. The van der Waals surface area contributed by atoms with E-state index in [4.69, 9.17) is 10.5 Å². The van der Waals surface area contributed by atoms with Gasteiger partial charge in [-0.15, -0.1) is 0 Å². The standard InChI is InChI=1S/C15H23F3N4O/c1-2-3-4-5-8-21-14(19)22-10-12-7-6-9-20-13(12)23-11-15(16,17)18/h6-7,9H,2-5,8,10-11H2,1H3,(H3,19,21,22). The lowest BCUT2D eigenvalue weighted by atomic mass is 10.2. The quantitative estimate of drug-likeness (QED) is 0.414. The highest BCUT2D eigenvalue weighted by Crippen LogP contribution is 2.20. The van der Waals surface area contributed by atoms with Gasteiger partial charge in [-0.3, -0.25) is 0 Å². The van der Waals surface area contributed by atoms with Gasteiger partial charge in [0.15, 0.2) is 12.6 Å². The number of nitrogens with zero attached hydrogens (tertiary/aromatic N) is 2. The molecule has 1 aromatic rings. The van der Waals surface area contributed by atoms with Crippen LogP contribution in [0.1, 0.15) is 38.2 Å². The summed E-state index contributed by atoms with van der Waals surface area (Å²) in [7, 11) is 0. The van der Waals surface area contributed by atoms with Crippen LogP contribution < -0.4 is 15.8 Å². The summed E-state index contributed by atoms with van der Waals surface area (Å²) in [6, 6.07) is 3.22. The van der Waals surface area contributed by atoms with E-state index in [0.29, 0.717) is 5.56 Å². The summed E-state index contributed by atoms with van der Waals surface area (Å²) in [5, 5.41) is 2.97. The molecule has 0 aromatic carbocycles. The number of guanidine groups is 1. The first-order valence-electron chi connectivity index (χ1n) is 7.59. The van der Waals surface area contributed by atoms with E-state index in [1.807, 2.05) is 0 Å². The highest BCUT2D eigenvalue weighted by atomic mass is 19.4. The Bertz CT molecular complexity index is 492. The zero-order valence-electron chi connectivity index (χ0n) is 13.2. The van der Waals surface area contributed by atoms with Crippen molar-refractivity contribution in [3.05, 3.63) is 23.9 Å². The van der Waals surface area contributed by atoms with Crippen molar-refractivity contribution in [2.24, 2.45) is 10.7 Å². The molecule has 0 saturated carbocycles. The van der Waals surface area contributed by atoms with Crippen LogP contribution in [0.15, 0.2) is 23.3 Å². The minimum Gasteiger partial charge on any atom is -0.468 e. The third-order valence-corrected chi connectivity index (χ3v) is 2.98. The molecular weight excluding hydrogens is 309 g/mol. The predicted octanol–water partition coefficient (Wildman–Crippen LogP) is 3.01. The largest absolute Gasteiger partial charge is 0.468 e. The smallest absolute Gasteiger partial charge is 0.422 e. The summed E-state index contributed by atoms with van der Waals surface area (Å²) < 4.78 is 41.3. The van der Waals surface area contributed by atoms with E-state index >= 15 is 0 Å². The maximum absolute atomic E-state index is 12.2. The summed E-state index contributed by atoms with van der Waals surface area (Å²) >= 11 is 0. The number of hydrogen-bond acceptors (Lipinski definition) is 3. The van der Waals surface area contributed by atoms with Crippen LogP contribution in [0.4, 0.5) is 13.2 Å². The van der Waals surface area contributed by atoms with E-state index in [2.05, 4.69) is 22.2 Å². The molecule has 0 spiro atoms. The molecule has 0 amide bonds. The number of unbranched alkanes of at least 4 members (excludes halogenated alkanes) is 3. The molecule has 0 aliphatic carbocycles. The van der Waals surface area contributed by atoms with Crippen molar-refractivity contribution < 1.29 is 17.9 Å². The van der Waals surface area contributed by atoms with E-state index in [1.165, 1.54) is 12.6 Å². The topological polar surface area (TPSA) is 72.5 Å². The Labute approximate surface area is 134 Å². The van der Waals surface area contributed by atoms with Crippen LogP contribution in [-0.4, -0.2) is 30.3 Å². The van der Waals surface area contributed by atoms with Gasteiger partial charge in [-0.05, 0) is 12.5 Å². The lowest BCUT2D eigenvalue weighted by Crippen LogP contribution is -2.32. The fourth-order valence-electron chi connectivity index (χ4n) is 1.82. The Morgan fingerprint density at radius 3 is 2.83 bits per heavy atom. The number of aliphatic imine (C=N–C) groups is 1. The second-order valence-corrected chi connectivity index (χ2v) is 5.06. The molecule has 1 rings (SSSR count). The number of ether oxygens (including phenoxy) is 1. The molecule has 0 atom stereocenters. The predicted molar refractivity (Wildman–Crippen MR) is 83.3 cm³/mol. The normalized spacial score (nSPS) is 12.3. The van der Waals surface area contributed by atoms with Gasteiger partial charge >= 0.3 is 6.18 Å². The zero-order chi connectivity index (χ0) is 17.1. The second-order valence-electron chi connectivity index (χ2n) is 5.06. The van der Waals surface area contributed by atoms with E-state index in [-0.39, 0.29) is 18.4 Å². The third kappa shape index (κ3) is 8.90. The lowest BCUT2D eigenvalue weighted by molar-refractivity contribution is -0.154. The van der Waals surface area contributed by atoms with Crippen molar-refractivity contribution in [1.29, 1.82) is 0 Å². The number of aromatic nitrogens is 1. The number of hydrogen-bond donors (Lipinski definition) is 2. The first-order chi connectivity index (χ1) is 10.9. The van der Waals surface area contributed by atoms with Crippen molar-refractivity contribution in [2.75, 3.05) is 13.2 Å². The molecule has 130 valence electrons. The lowest BCUT2D eigenvalue weighted by Gasteiger charge is -2.11. The summed E-state index contributed by atoms with van der Waals surface area (Å²) in [6.45, 7) is 1.58. The summed E-state index contributed by atoms with van der Waals surface area (Å²) in [6.07, 6.45) is 1.41. The monoisotopic (exact) mass is 332 g/mol. The van der Waals surface area contributed by atoms with Crippen LogP contribution >= 0.6 is 0 Å². The minimum atomic E-state index is -4.41. The van der Waals surface area contributed by atoms with Gasteiger partial charge in [0.2, 0.25) is 5.88 Å². The van der Waals surface area contributed by atoms with Gasteiger partial charge in [0, 0.05) is 18.3 Å². The van der Waals surface area contributed by atoms with Crippen LogP contribution in [0.2, 0.25) is 0 Å². The van der Waals surface area contributed by atoms with Crippen molar-refractivity contribution in [3.63, 3.8) is 0 Å². The molecule has 0 saturated heterocycles. The molecule has 3 N–H and O–H groups in total. The Balaban J connectivity index is 2.48. The fraction of sp³-hybridized carbons (Fsp3) is 0.600. The summed E-state index contributed by atoms with van der Waals surface area (Å²) in [4.78, 5) is 7.90. The summed E-state index contributed by atoms with van der Waals surface area (Å²) in [5.41, 5.74) is 6.18. The van der Waals surface area contributed by atoms with E-state index in [1.54, 1.807) is 12.1 Å². The summed E-state index contributed by atoms with van der Waals surface area (Å²) in [5.74, 6) is 0.177.